The van der Waals surface area contributed by atoms with Gasteiger partial charge in [-0.25, -0.2) is 4.98 Å². The predicted molar refractivity (Wildman–Crippen MR) is 110 cm³/mol. The molecular formula is C19H14Br2N4O. The van der Waals surface area contributed by atoms with Gasteiger partial charge in [-0.1, -0.05) is 37.9 Å². The first kappa shape index (κ1) is 17.1. The molecule has 0 spiro atoms. The number of anilines is 2. The molecule has 2 aromatic carbocycles. The molecule has 2 heterocycles. The van der Waals surface area contributed by atoms with E-state index in [1.165, 1.54) is 0 Å². The summed E-state index contributed by atoms with van der Waals surface area (Å²) in [5.41, 5.74) is 4.04. The highest BCUT2D eigenvalue weighted by atomic mass is 79.9. The molecule has 0 radical (unpaired) electrons. The minimum Gasteiger partial charge on any atom is -0.507 e. The Morgan fingerprint density at radius 1 is 1.12 bits per heavy atom. The van der Waals surface area contributed by atoms with Crippen LogP contribution in [-0.2, 0) is 0 Å². The van der Waals surface area contributed by atoms with Crippen LogP contribution in [0.5, 0.6) is 5.75 Å². The second-order valence-electron chi connectivity index (χ2n) is 5.86. The number of nitrogens with one attached hydrogen (secondary N) is 1. The van der Waals surface area contributed by atoms with Crippen molar-refractivity contribution in [1.82, 2.24) is 14.4 Å². The van der Waals surface area contributed by atoms with Crippen LogP contribution in [-0.4, -0.2) is 19.5 Å². The number of nitrogens with zero attached hydrogens (tertiary/aromatic N) is 3. The third kappa shape index (κ3) is 3.08. The smallest absolute Gasteiger partial charge is 0.157 e. The summed E-state index contributed by atoms with van der Waals surface area (Å²) < 4.78 is 3.80. The van der Waals surface area contributed by atoms with Crippen molar-refractivity contribution in [3.05, 3.63) is 69.5 Å². The van der Waals surface area contributed by atoms with Gasteiger partial charge < -0.3 is 10.4 Å². The summed E-state index contributed by atoms with van der Waals surface area (Å²) >= 11 is 7.03. The molecule has 0 amide bonds. The SMILES string of the molecule is Cc1ccc(Nc2c(-c3cc(Br)ccc3O)nc3cnccn23)cc1Br. The molecule has 0 fully saturated rings. The highest BCUT2D eigenvalue weighted by Gasteiger charge is 2.18. The molecule has 0 aliphatic rings. The average Bonchev–Trinajstić information content (AvgIpc) is 2.99. The Morgan fingerprint density at radius 3 is 2.77 bits per heavy atom. The quantitative estimate of drug-likeness (QED) is 0.401. The number of benzene rings is 2. The summed E-state index contributed by atoms with van der Waals surface area (Å²) in [5.74, 6) is 0.921. The molecule has 0 unspecified atom stereocenters. The molecule has 0 aliphatic heterocycles. The third-order valence-electron chi connectivity index (χ3n) is 4.08. The first-order valence-electron chi connectivity index (χ1n) is 7.87. The van der Waals surface area contributed by atoms with Crippen LogP contribution in [0.25, 0.3) is 16.9 Å². The van der Waals surface area contributed by atoms with Crippen molar-refractivity contribution in [1.29, 1.82) is 0 Å². The van der Waals surface area contributed by atoms with Crippen LogP contribution in [0.3, 0.4) is 0 Å². The van der Waals surface area contributed by atoms with Gasteiger partial charge in [-0.05, 0) is 42.8 Å². The molecule has 0 bridgehead atoms. The number of aromatic nitrogens is 3. The molecule has 130 valence electrons. The zero-order valence-electron chi connectivity index (χ0n) is 13.7. The van der Waals surface area contributed by atoms with Crippen molar-refractivity contribution >= 4 is 49.0 Å². The van der Waals surface area contributed by atoms with E-state index in [0.29, 0.717) is 16.9 Å². The number of hydrogen-bond donors (Lipinski definition) is 2. The van der Waals surface area contributed by atoms with Gasteiger partial charge in [0, 0.05) is 32.6 Å². The second kappa shape index (κ2) is 6.74. The molecule has 26 heavy (non-hydrogen) atoms. The van der Waals surface area contributed by atoms with Crippen LogP contribution in [0.1, 0.15) is 5.56 Å². The molecule has 0 atom stereocenters. The van der Waals surface area contributed by atoms with E-state index < -0.39 is 0 Å². The van der Waals surface area contributed by atoms with Crippen molar-refractivity contribution in [2.24, 2.45) is 0 Å². The number of phenolic OH excluding ortho intramolecular Hbond substituents is 1. The van der Waals surface area contributed by atoms with Crippen LogP contribution in [0, 0.1) is 6.92 Å². The summed E-state index contributed by atoms with van der Waals surface area (Å²) in [5, 5.41) is 13.8. The van der Waals surface area contributed by atoms with Crippen LogP contribution in [0.4, 0.5) is 11.5 Å². The van der Waals surface area contributed by atoms with E-state index in [2.05, 4.69) is 47.1 Å². The van der Waals surface area contributed by atoms with Gasteiger partial charge in [-0.15, -0.1) is 0 Å². The zero-order chi connectivity index (χ0) is 18.3. The minimum atomic E-state index is 0.165. The molecule has 0 saturated heterocycles. The van der Waals surface area contributed by atoms with Gasteiger partial charge in [0.2, 0.25) is 0 Å². The number of aryl methyl sites for hydroxylation is 1. The van der Waals surface area contributed by atoms with Crippen molar-refractivity contribution in [2.75, 3.05) is 5.32 Å². The molecule has 0 saturated carbocycles. The lowest BCUT2D eigenvalue weighted by molar-refractivity contribution is 0.477. The second-order valence-corrected chi connectivity index (χ2v) is 7.63. The van der Waals surface area contributed by atoms with Crippen molar-refractivity contribution in [2.45, 2.75) is 6.92 Å². The topological polar surface area (TPSA) is 62.5 Å². The lowest BCUT2D eigenvalue weighted by Gasteiger charge is -2.11. The molecule has 0 aliphatic carbocycles. The molecule has 4 aromatic rings. The Hall–Kier alpha value is -2.38. The van der Waals surface area contributed by atoms with E-state index in [1.54, 1.807) is 24.5 Å². The third-order valence-corrected chi connectivity index (χ3v) is 5.43. The standard InChI is InChI=1S/C19H14Br2N4O/c1-11-2-4-13(9-15(11)21)23-19-18(14-8-12(20)3-5-16(14)26)24-17-10-22-6-7-25(17)19/h2-10,23,26H,1H3. The van der Waals surface area contributed by atoms with Gasteiger partial charge in [0.25, 0.3) is 0 Å². The van der Waals surface area contributed by atoms with Crippen molar-refractivity contribution < 1.29 is 5.11 Å². The van der Waals surface area contributed by atoms with Crippen LogP contribution >= 0.6 is 31.9 Å². The maximum Gasteiger partial charge on any atom is 0.157 e. The zero-order valence-corrected chi connectivity index (χ0v) is 16.9. The first-order chi connectivity index (χ1) is 12.5. The van der Waals surface area contributed by atoms with Gasteiger partial charge in [-0.3, -0.25) is 9.38 Å². The van der Waals surface area contributed by atoms with E-state index in [9.17, 15) is 5.11 Å². The van der Waals surface area contributed by atoms with Gasteiger partial charge in [-0.2, -0.15) is 0 Å². The number of phenols is 1. The largest absolute Gasteiger partial charge is 0.507 e. The number of fused-ring (bicyclic) bond motifs is 1. The van der Waals surface area contributed by atoms with E-state index in [4.69, 9.17) is 0 Å². The lowest BCUT2D eigenvalue weighted by atomic mass is 10.1. The van der Waals surface area contributed by atoms with Gasteiger partial charge in [0.05, 0.1) is 6.20 Å². The number of imidazole rings is 1. The molecular weight excluding hydrogens is 460 g/mol. The maximum atomic E-state index is 10.4. The van der Waals surface area contributed by atoms with E-state index in [0.717, 1.165) is 26.0 Å². The molecule has 2 aromatic heterocycles. The summed E-state index contributed by atoms with van der Waals surface area (Å²) in [6.45, 7) is 2.04. The predicted octanol–water partition coefficient (Wildman–Crippen LogP) is 5.68. The lowest BCUT2D eigenvalue weighted by Crippen LogP contribution is -1.97. The van der Waals surface area contributed by atoms with Gasteiger partial charge >= 0.3 is 0 Å². The number of rotatable bonds is 3. The Labute approximate surface area is 167 Å². The average molecular weight is 474 g/mol. The van der Waals surface area contributed by atoms with Crippen molar-refractivity contribution in [3.63, 3.8) is 0 Å². The fourth-order valence-corrected chi connectivity index (χ4v) is 3.46. The van der Waals surface area contributed by atoms with E-state index in [-0.39, 0.29) is 5.75 Å². The van der Waals surface area contributed by atoms with Crippen LogP contribution in [0.2, 0.25) is 0 Å². The fraction of sp³-hybridized carbons (Fsp3) is 0.0526. The molecule has 7 heteroatoms. The van der Waals surface area contributed by atoms with E-state index >= 15 is 0 Å². The summed E-state index contributed by atoms with van der Waals surface area (Å²) in [4.78, 5) is 8.81. The van der Waals surface area contributed by atoms with Crippen molar-refractivity contribution in [3.8, 4) is 17.0 Å². The first-order valence-corrected chi connectivity index (χ1v) is 9.45. The molecule has 5 nitrogen and oxygen atoms in total. The fourth-order valence-electron chi connectivity index (χ4n) is 2.72. The highest BCUT2D eigenvalue weighted by molar-refractivity contribution is 9.10. The monoisotopic (exact) mass is 472 g/mol. The highest BCUT2D eigenvalue weighted by Crippen LogP contribution is 2.37. The number of halogens is 2. The number of aromatic hydroxyl groups is 1. The number of hydrogen-bond acceptors (Lipinski definition) is 4. The summed E-state index contributed by atoms with van der Waals surface area (Å²) in [7, 11) is 0. The van der Waals surface area contributed by atoms with Crippen LogP contribution in [0.15, 0.2) is 63.9 Å². The summed E-state index contributed by atoms with van der Waals surface area (Å²) in [6, 6.07) is 11.3. The summed E-state index contributed by atoms with van der Waals surface area (Å²) in [6.07, 6.45) is 5.23. The Bertz CT molecular complexity index is 1120. The molecule has 2 N–H and O–H groups in total. The molecule has 4 rings (SSSR count). The van der Waals surface area contributed by atoms with E-state index in [1.807, 2.05) is 41.8 Å². The Kier molecular flexibility index (Phi) is 4.42. The van der Waals surface area contributed by atoms with Gasteiger partial charge in [0.1, 0.15) is 17.3 Å². The Balaban J connectivity index is 1.92. The normalized spacial score (nSPS) is 11.0. The van der Waals surface area contributed by atoms with Gasteiger partial charge in [0.15, 0.2) is 5.65 Å². The Morgan fingerprint density at radius 2 is 1.96 bits per heavy atom. The maximum absolute atomic E-state index is 10.4. The van der Waals surface area contributed by atoms with Crippen LogP contribution < -0.4 is 5.32 Å². The minimum absolute atomic E-state index is 0.165.